The molecule has 1 aliphatic carbocycles. The number of hydrogen-bond acceptors (Lipinski definition) is 2. The average Bonchev–Trinajstić information content (AvgIpc) is 3.08. The molecule has 0 bridgehead atoms. The monoisotopic (exact) mass is 351 g/mol. The maximum Gasteiger partial charge on any atom is 0.336 e. The number of aromatic nitrogens is 1. The molecule has 3 nitrogen and oxygen atoms in total. The normalized spacial score (nSPS) is 14.7. The molecule has 4 aromatic rings. The molecule has 0 fully saturated rings. The van der Waals surface area contributed by atoms with E-state index in [1.807, 2.05) is 36.4 Å². The van der Waals surface area contributed by atoms with Gasteiger partial charge in [0.25, 0.3) is 0 Å². The van der Waals surface area contributed by atoms with Gasteiger partial charge in [-0.05, 0) is 52.5 Å². The van der Waals surface area contributed by atoms with Crippen LogP contribution in [0.1, 0.15) is 33.6 Å². The van der Waals surface area contributed by atoms with Crippen LogP contribution < -0.4 is 0 Å². The zero-order valence-corrected chi connectivity index (χ0v) is 14.6. The molecule has 0 radical (unpaired) electrons. The summed E-state index contributed by atoms with van der Waals surface area (Å²) in [7, 11) is 0. The first-order valence-electron chi connectivity index (χ1n) is 9.06. The van der Waals surface area contributed by atoms with Crippen LogP contribution in [-0.4, -0.2) is 16.1 Å². The van der Waals surface area contributed by atoms with Crippen LogP contribution in [0.5, 0.6) is 0 Å². The van der Waals surface area contributed by atoms with E-state index in [0.29, 0.717) is 12.0 Å². The van der Waals surface area contributed by atoms with Gasteiger partial charge in [-0.3, -0.25) is 0 Å². The summed E-state index contributed by atoms with van der Waals surface area (Å²) in [6, 6.07) is 22.1. The molecule has 0 spiro atoms. The van der Waals surface area contributed by atoms with Crippen molar-refractivity contribution in [1.29, 1.82) is 0 Å². The van der Waals surface area contributed by atoms with Crippen molar-refractivity contribution >= 4 is 39.3 Å². The van der Waals surface area contributed by atoms with Gasteiger partial charge in [-0.1, -0.05) is 60.7 Å². The van der Waals surface area contributed by atoms with Crippen LogP contribution >= 0.6 is 0 Å². The first kappa shape index (κ1) is 15.8. The number of carboxylic acid groups (broad SMARTS) is 1. The van der Waals surface area contributed by atoms with Crippen molar-refractivity contribution in [3.63, 3.8) is 0 Å². The maximum atomic E-state index is 12.0. The van der Waals surface area contributed by atoms with Gasteiger partial charge in [0.05, 0.1) is 16.8 Å². The van der Waals surface area contributed by atoms with Gasteiger partial charge in [-0.2, -0.15) is 0 Å². The number of para-hydroxylation sites is 1. The third kappa shape index (κ3) is 2.51. The minimum atomic E-state index is -0.878. The summed E-state index contributed by atoms with van der Waals surface area (Å²) in [6.45, 7) is 0. The highest BCUT2D eigenvalue weighted by molar-refractivity contribution is 6.07. The van der Waals surface area contributed by atoms with Crippen LogP contribution in [0, 0.1) is 0 Å². The number of allylic oxidation sites excluding steroid dienone is 1. The number of nitrogens with zero attached hydrogens (tertiary/aromatic N) is 1. The molecule has 0 amide bonds. The van der Waals surface area contributed by atoms with Crippen LogP contribution in [0.2, 0.25) is 0 Å². The minimum absolute atomic E-state index is 0.400. The fourth-order valence-electron chi connectivity index (χ4n) is 4.09. The lowest BCUT2D eigenvalue weighted by Gasteiger charge is -2.09. The van der Waals surface area contributed by atoms with Crippen molar-refractivity contribution in [2.75, 3.05) is 0 Å². The summed E-state index contributed by atoms with van der Waals surface area (Å²) in [6.07, 6.45) is 3.69. The highest BCUT2D eigenvalue weighted by Gasteiger charge is 2.26. The zero-order chi connectivity index (χ0) is 18.4. The van der Waals surface area contributed by atoms with E-state index in [2.05, 4.69) is 36.4 Å². The standard InChI is InChI=1S/C24H17NO2/c26-24(27)22-19-10-3-4-11-21(19)25-23-17(12-13-20(22)23)14-16-8-5-7-15-6-1-2-9-18(15)16/h1-11,14H,12-13H2,(H,26,27)/b17-14-. The molecule has 27 heavy (non-hydrogen) atoms. The van der Waals surface area contributed by atoms with Gasteiger partial charge in [0.15, 0.2) is 0 Å². The smallest absolute Gasteiger partial charge is 0.336 e. The highest BCUT2D eigenvalue weighted by atomic mass is 16.4. The lowest BCUT2D eigenvalue weighted by Crippen LogP contribution is -2.05. The van der Waals surface area contributed by atoms with Crippen LogP contribution in [0.15, 0.2) is 66.7 Å². The van der Waals surface area contributed by atoms with E-state index in [-0.39, 0.29) is 0 Å². The van der Waals surface area contributed by atoms with E-state index >= 15 is 0 Å². The Bertz CT molecular complexity index is 1250. The fourth-order valence-corrected chi connectivity index (χ4v) is 4.09. The molecule has 1 heterocycles. The van der Waals surface area contributed by atoms with Crippen LogP contribution in [0.4, 0.5) is 0 Å². The Hall–Kier alpha value is -3.46. The van der Waals surface area contributed by atoms with E-state index in [4.69, 9.17) is 4.98 Å². The topological polar surface area (TPSA) is 50.2 Å². The molecule has 1 aliphatic rings. The van der Waals surface area contributed by atoms with Crippen LogP contribution in [0.25, 0.3) is 33.3 Å². The maximum absolute atomic E-state index is 12.0. The molecule has 0 unspecified atom stereocenters. The van der Waals surface area contributed by atoms with Gasteiger partial charge >= 0.3 is 5.97 Å². The molecule has 5 rings (SSSR count). The molecule has 130 valence electrons. The predicted octanol–water partition coefficient (Wildman–Crippen LogP) is 5.57. The van der Waals surface area contributed by atoms with Crippen molar-refractivity contribution < 1.29 is 9.90 Å². The summed E-state index contributed by atoms with van der Waals surface area (Å²) in [4.78, 5) is 16.8. The Kier molecular flexibility index (Phi) is 3.54. The predicted molar refractivity (Wildman–Crippen MR) is 109 cm³/mol. The third-order valence-electron chi connectivity index (χ3n) is 5.31. The van der Waals surface area contributed by atoms with Crippen LogP contribution in [-0.2, 0) is 6.42 Å². The quantitative estimate of drug-likeness (QED) is 0.513. The van der Waals surface area contributed by atoms with Gasteiger partial charge < -0.3 is 5.11 Å². The highest BCUT2D eigenvalue weighted by Crippen LogP contribution is 2.38. The number of benzene rings is 3. The lowest BCUT2D eigenvalue weighted by molar-refractivity contribution is 0.0698. The van der Waals surface area contributed by atoms with E-state index in [1.54, 1.807) is 0 Å². The summed E-state index contributed by atoms with van der Waals surface area (Å²) >= 11 is 0. The second kappa shape index (κ2) is 6.06. The Labute approximate surface area is 156 Å². The number of pyridine rings is 1. The van der Waals surface area contributed by atoms with Gasteiger partial charge in [0, 0.05) is 5.39 Å². The Morgan fingerprint density at radius 1 is 0.889 bits per heavy atom. The average molecular weight is 351 g/mol. The summed E-state index contributed by atoms with van der Waals surface area (Å²) < 4.78 is 0. The van der Waals surface area contributed by atoms with Crippen LogP contribution in [0.3, 0.4) is 0 Å². The minimum Gasteiger partial charge on any atom is -0.478 e. The Morgan fingerprint density at radius 2 is 1.63 bits per heavy atom. The Morgan fingerprint density at radius 3 is 2.48 bits per heavy atom. The number of aromatic carboxylic acids is 1. The molecular weight excluding hydrogens is 334 g/mol. The first-order valence-corrected chi connectivity index (χ1v) is 9.06. The molecule has 3 heteroatoms. The largest absolute Gasteiger partial charge is 0.478 e. The number of fused-ring (bicyclic) bond motifs is 3. The number of carboxylic acids is 1. The zero-order valence-electron chi connectivity index (χ0n) is 14.6. The number of rotatable bonds is 2. The molecule has 1 aromatic heterocycles. The van der Waals surface area contributed by atoms with Crippen molar-refractivity contribution in [1.82, 2.24) is 4.98 Å². The second-order valence-electron chi connectivity index (χ2n) is 6.87. The summed E-state index contributed by atoms with van der Waals surface area (Å²) in [5, 5.41) is 12.9. The summed E-state index contributed by atoms with van der Waals surface area (Å²) in [5.74, 6) is -0.878. The van der Waals surface area contributed by atoms with E-state index in [1.165, 1.54) is 10.8 Å². The lowest BCUT2D eigenvalue weighted by atomic mass is 9.99. The molecule has 0 saturated carbocycles. The second-order valence-corrected chi connectivity index (χ2v) is 6.87. The van der Waals surface area contributed by atoms with Gasteiger partial charge in [-0.25, -0.2) is 9.78 Å². The third-order valence-corrected chi connectivity index (χ3v) is 5.31. The molecular formula is C24H17NO2. The van der Waals surface area contributed by atoms with E-state index < -0.39 is 5.97 Å². The van der Waals surface area contributed by atoms with E-state index in [0.717, 1.165) is 39.7 Å². The number of hydrogen-bond donors (Lipinski definition) is 1. The van der Waals surface area contributed by atoms with Gasteiger partial charge in [-0.15, -0.1) is 0 Å². The van der Waals surface area contributed by atoms with Crippen molar-refractivity contribution in [2.45, 2.75) is 12.8 Å². The fraction of sp³-hybridized carbons (Fsp3) is 0.0833. The SMILES string of the molecule is O=C(O)c1c2c(nc3ccccc13)/C(=C\c1cccc3ccccc13)CC2. The summed E-state index contributed by atoms with van der Waals surface area (Å²) in [5.41, 5.74) is 5.07. The van der Waals surface area contributed by atoms with E-state index in [9.17, 15) is 9.90 Å². The first-order chi connectivity index (χ1) is 13.2. The van der Waals surface area contributed by atoms with Crippen molar-refractivity contribution in [3.8, 4) is 0 Å². The molecule has 1 N–H and O–H groups in total. The number of carbonyl (C=O) groups is 1. The molecule has 0 aliphatic heterocycles. The van der Waals surface area contributed by atoms with Crippen molar-refractivity contribution in [2.24, 2.45) is 0 Å². The Balaban J connectivity index is 1.75. The van der Waals surface area contributed by atoms with Gasteiger partial charge in [0.2, 0.25) is 0 Å². The van der Waals surface area contributed by atoms with Gasteiger partial charge in [0.1, 0.15) is 0 Å². The molecule has 0 saturated heterocycles. The van der Waals surface area contributed by atoms with Crippen molar-refractivity contribution in [3.05, 3.63) is 89.1 Å². The molecule has 3 aromatic carbocycles. The molecule has 0 atom stereocenters.